The van der Waals surface area contributed by atoms with Gasteiger partial charge in [-0.2, -0.15) is 0 Å². The predicted octanol–water partition coefficient (Wildman–Crippen LogP) is 3.29. The lowest BCUT2D eigenvalue weighted by atomic mass is 10.2. The molecule has 1 N–H and O–H groups in total. The van der Waals surface area contributed by atoms with Gasteiger partial charge in [-0.15, -0.1) is 11.8 Å². The summed E-state index contributed by atoms with van der Waals surface area (Å²) in [6.07, 6.45) is 2.07. The number of thioether (sulfide) groups is 1. The van der Waals surface area contributed by atoms with Gasteiger partial charge in [0.25, 0.3) is 0 Å². The minimum Gasteiger partial charge on any atom is -0.353 e. The zero-order valence-corrected chi connectivity index (χ0v) is 12.5. The summed E-state index contributed by atoms with van der Waals surface area (Å²) in [5.74, 6) is 0.525. The summed E-state index contributed by atoms with van der Waals surface area (Å²) in [5, 5.41) is 2.97. The van der Waals surface area contributed by atoms with Crippen molar-refractivity contribution in [1.82, 2.24) is 5.32 Å². The van der Waals surface area contributed by atoms with E-state index in [-0.39, 0.29) is 17.7 Å². The molecule has 0 aliphatic rings. The molecule has 1 amide bonds. The maximum atomic E-state index is 11.7. The van der Waals surface area contributed by atoms with E-state index in [1.165, 1.54) is 11.8 Å². The molecule has 0 aliphatic carbocycles. The van der Waals surface area contributed by atoms with Crippen LogP contribution in [-0.4, -0.2) is 23.5 Å². The topological polar surface area (TPSA) is 46.2 Å². The van der Waals surface area contributed by atoms with Crippen LogP contribution in [0.3, 0.4) is 0 Å². The molecule has 1 unspecified atom stereocenters. The SMILES string of the molecule is CCCC(C)NC(=O)CSc1ccc(C(C)=O)cc1. The van der Waals surface area contributed by atoms with Crippen LogP contribution in [0.5, 0.6) is 0 Å². The molecule has 0 saturated carbocycles. The quantitative estimate of drug-likeness (QED) is 0.615. The maximum Gasteiger partial charge on any atom is 0.230 e. The first kappa shape index (κ1) is 15.8. The number of hydrogen-bond donors (Lipinski definition) is 1. The van der Waals surface area contributed by atoms with Crippen molar-refractivity contribution in [2.45, 2.75) is 44.6 Å². The average molecular weight is 279 g/mol. The molecule has 0 saturated heterocycles. The summed E-state index contributed by atoms with van der Waals surface area (Å²) in [7, 11) is 0. The van der Waals surface area contributed by atoms with E-state index in [2.05, 4.69) is 12.2 Å². The molecular formula is C15H21NO2S. The second kappa shape index (κ2) is 8.00. The zero-order chi connectivity index (χ0) is 14.3. The van der Waals surface area contributed by atoms with Crippen molar-refractivity contribution >= 4 is 23.5 Å². The molecule has 0 heterocycles. The molecule has 0 spiro atoms. The summed E-state index contributed by atoms with van der Waals surface area (Å²) >= 11 is 1.49. The molecule has 0 fully saturated rings. The fourth-order valence-electron chi connectivity index (χ4n) is 1.76. The van der Waals surface area contributed by atoms with Crippen molar-refractivity contribution in [3.05, 3.63) is 29.8 Å². The Kier molecular flexibility index (Phi) is 6.64. The molecule has 1 atom stereocenters. The average Bonchev–Trinajstić information content (AvgIpc) is 2.37. The Morgan fingerprint density at radius 2 is 1.89 bits per heavy atom. The second-order valence-corrected chi connectivity index (χ2v) is 5.68. The van der Waals surface area contributed by atoms with Crippen LogP contribution in [0.4, 0.5) is 0 Å². The molecule has 0 bridgehead atoms. The highest BCUT2D eigenvalue weighted by Crippen LogP contribution is 2.18. The standard InChI is InChI=1S/C15H21NO2S/c1-4-5-11(2)16-15(18)10-19-14-8-6-13(7-9-14)12(3)17/h6-9,11H,4-5,10H2,1-3H3,(H,16,18). The highest BCUT2D eigenvalue weighted by Gasteiger charge is 2.07. The summed E-state index contributed by atoms with van der Waals surface area (Å²) in [4.78, 5) is 23.8. The predicted molar refractivity (Wildman–Crippen MR) is 79.7 cm³/mol. The van der Waals surface area contributed by atoms with Gasteiger partial charge in [0, 0.05) is 16.5 Å². The first-order valence-electron chi connectivity index (χ1n) is 6.56. The van der Waals surface area contributed by atoms with Crippen molar-refractivity contribution in [3.63, 3.8) is 0 Å². The van der Waals surface area contributed by atoms with Crippen molar-refractivity contribution in [1.29, 1.82) is 0 Å². The largest absolute Gasteiger partial charge is 0.353 e. The van der Waals surface area contributed by atoms with Gasteiger partial charge in [-0.25, -0.2) is 0 Å². The number of nitrogens with one attached hydrogen (secondary N) is 1. The fourth-order valence-corrected chi connectivity index (χ4v) is 2.47. The summed E-state index contributed by atoms with van der Waals surface area (Å²) in [6, 6.07) is 7.58. The van der Waals surface area contributed by atoms with Gasteiger partial charge >= 0.3 is 0 Å². The number of hydrogen-bond acceptors (Lipinski definition) is 3. The van der Waals surface area contributed by atoms with E-state index in [9.17, 15) is 9.59 Å². The Morgan fingerprint density at radius 3 is 2.42 bits per heavy atom. The van der Waals surface area contributed by atoms with Gasteiger partial charge in [0.2, 0.25) is 5.91 Å². The van der Waals surface area contributed by atoms with E-state index in [4.69, 9.17) is 0 Å². The number of amides is 1. The Bertz CT molecular complexity index is 428. The van der Waals surface area contributed by atoms with Crippen LogP contribution >= 0.6 is 11.8 Å². The molecule has 104 valence electrons. The van der Waals surface area contributed by atoms with E-state index < -0.39 is 0 Å². The minimum absolute atomic E-state index is 0.0570. The van der Waals surface area contributed by atoms with E-state index in [1.54, 1.807) is 19.1 Å². The maximum absolute atomic E-state index is 11.7. The lowest BCUT2D eigenvalue weighted by Gasteiger charge is -2.12. The Hall–Kier alpha value is -1.29. The third-order valence-corrected chi connectivity index (χ3v) is 3.77. The highest BCUT2D eigenvalue weighted by atomic mass is 32.2. The van der Waals surface area contributed by atoms with Crippen molar-refractivity contribution in [2.75, 3.05) is 5.75 Å². The van der Waals surface area contributed by atoms with Crippen LogP contribution in [-0.2, 0) is 4.79 Å². The van der Waals surface area contributed by atoms with Crippen LogP contribution in [0.25, 0.3) is 0 Å². The van der Waals surface area contributed by atoms with Crippen LogP contribution in [0.1, 0.15) is 44.0 Å². The number of ketones is 1. The first-order valence-corrected chi connectivity index (χ1v) is 7.54. The fraction of sp³-hybridized carbons (Fsp3) is 0.467. The molecule has 0 aromatic heterocycles. The van der Waals surface area contributed by atoms with Gasteiger partial charge in [-0.1, -0.05) is 25.5 Å². The van der Waals surface area contributed by atoms with Crippen molar-refractivity contribution in [3.8, 4) is 0 Å². The Labute approximate surface area is 119 Å². The van der Waals surface area contributed by atoms with Crippen LogP contribution in [0, 0.1) is 0 Å². The Balaban J connectivity index is 2.39. The van der Waals surface area contributed by atoms with E-state index in [0.717, 1.165) is 17.7 Å². The third kappa shape index (κ3) is 5.92. The molecule has 0 aliphatic heterocycles. The number of carbonyl (C=O) groups excluding carboxylic acids is 2. The van der Waals surface area contributed by atoms with Gasteiger partial charge in [-0.05, 0) is 32.4 Å². The van der Waals surface area contributed by atoms with E-state index in [1.807, 2.05) is 19.1 Å². The van der Waals surface area contributed by atoms with E-state index >= 15 is 0 Å². The molecule has 1 aromatic carbocycles. The summed E-state index contributed by atoms with van der Waals surface area (Å²) in [6.45, 7) is 5.67. The van der Waals surface area contributed by atoms with Crippen LogP contribution in [0.2, 0.25) is 0 Å². The monoisotopic (exact) mass is 279 g/mol. The van der Waals surface area contributed by atoms with Gasteiger partial charge in [0.1, 0.15) is 0 Å². The lowest BCUT2D eigenvalue weighted by molar-refractivity contribution is -0.119. The highest BCUT2D eigenvalue weighted by molar-refractivity contribution is 8.00. The minimum atomic E-state index is 0.0570. The zero-order valence-electron chi connectivity index (χ0n) is 11.7. The molecule has 19 heavy (non-hydrogen) atoms. The normalized spacial score (nSPS) is 11.9. The van der Waals surface area contributed by atoms with Crippen molar-refractivity contribution in [2.24, 2.45) is 0 Å². The Morgan fingerprint density at radius 1 is 1.26 bits per heavy atom. The van der Waals surface area contributed by atoms with Crippen LogP contribution < -0.4 is 5.32 Å². The summed E-state index contributed by atoms with van der Waals surface area (Å²) in [5.41, 5.74) is 0.699. The van der Waals surface area contributed by atoms with Gasteiger partial charge in [-0.3, -0.25) is 9.59 Å². The molecular weight excluding hydrogens is 258 g/mol. The number of Topliss-reactive ketones (excluding diaryl/α,β-unsaturated/α-hetero) is 1. The third-order valence-electron chi connectivity index (χ3n) is 2.76. The van der Waals surface area contributed by atoms with Gasteiger partial charge in [0.05, 0.1) is 5.75 Å². The summed E-state index contributed by atoms with van der Waals surface area (Å²) < 4.78 is 0. The van der Waals surface area contributed by atoms with E-state index in [0.29, 0.717) is 11.3 Å². The number of carbonyl (C=O) groups is 2. The first-order chi connectivity index (χ1) is 9.02. The molecule has 1 aromatic rings. The lowest BCUT2D eigenvalue weighted by Crippen LogP contribution is -2.33. The van der Waals surface area contributed by atoms with Crippen molar-refractivity contribution < 1.29 is 9.59 Å². The molecule has 3 nitrogen and oxygen atoms in total. The van der Waals surface area contributed by atoms with Gasteiger partial charge < -0.3 is 5.32 Å². The molecule has 1 rings (SSSR count). The molecule has 0 radical (unpaired) electrons. The second-order valence-electron chi connectivity index (χ2n) is 4.63. The molecule has 4 heteroatoms. The number of benzene rings is 1. The number of rotatable bonds is 7. The van der Waals surface area contributed by atoms with Crippen LogP contribution in [0.15, 0.2) is 29.2 Å². The van der Waals surface area contributed by atoms with Gasteiger partial charge in [0.15, 0.2) is 5.78 Å². The smallest absolute Gasteiger partial charge is 0.230 e.